The third kappa shape index (κ3) is 2.16. The van der Waals surface area contributed by atoms with Crippen LogP contribution in [0.2, 0.25) is 0 Å². The monoisotopic (exact) mass is 294 g/mol. The average molecular weight is 294 g/mol. The van der Waals surface area contributed by atoms with Crippen LogP contribution in [0, 0.1) is 6.92 Å². The number of hydrogen-bond donors (Lipinski definition) is 2. The number of aryl methyl sites for hydroxylation is 2. The van der Waals surface area contributed by atoms with Crippen molar-refractivity contribution in [1.29, 1.82) is 0 Å². The fourth-order valence-electron chi connectivity index (χ4n) is 2.59. The normalized spacial score (nSPS) is 18.8. The molecule has 1 saturated heterocycles. The topological polar surface area (TPSA) is 82.2 Å². The van der Waals surface area contributed by atoms with Crippen LogP contribution >= 0.6 is 11.3 Å². The number of carbonyl (C=O) groups is 1. The number of rotatable bonds is 3. The van der Waals surface area contributed by atoms with Gasteiger partial charge < -0.3 is 15.8 Å². The smallest absolute Gasteiger partial charge is 0.263 e. The van der Waals surface area contributed by atoms with Crippen LogP contribution < -0.4 is 11.1 Å². The van der Waals surface area contributed by atoms with E-state index in [4.69, 9.17) is 10.5 Å². The van der Waals surface area contributed by atoms with Crippen molar-refractivity contribution in [3.63, 3.8) is 0 Å². The second kappa shape index (κ2) is 5.06. The Morgan fingerprint density at radius 1 is 1.65 bits per heavy atom. The molecule has 3 heterocycles. The minimum absolute atomic E-state index is 0.126. The molecule has 0 bridgehead atoms. The second-order valence-electron chi connectivity index (χ2n) is 5.08. The first-order chi connectivity index (χ1) is 9.58. The summed E-state index contributed by atoms with van der Waals surface area (Å²) in [5.41, 5.74) is 7.49. The van der Waals surface area contributed by atoms with Gasteiger partial charge >= 0.3 is 0 Å². The maximum atomic E-state index is 12.2. The number of amides is 1. The molecule has 1 amide bonds. The van der Waals surface area contributed by atoms with Crippen molar-refractivity contribution in [2.75, 3.05) is 18.9 Å². The first-order valence-electron chi connectivity index (χ1n) is 6.69. The summed E-state index contributed by atoms with van der Waals surface area (Å²) in [6.07, 6.45) is 2.21. The van der Waals surface area contributed by atoms with E-state index in [1.807, 2.05) is 14.0 Å². The van der Waals surface area contributed by atoms with Crippen molar-refractivity contribution in [2.24, 2.45) is 7.05 Å². The molecule has 20 heavy (non-hydrogen) atoms. The lowest BCUT2D eigenvalue weighted by molar-refractivity contribution is 0.0862. The van der Waals surface area contributed by atoms with Crippen molar-refractivity contribution in [3.05, 3.63) is 10.6 Å². The largest absolute Gasteiger partial charge is 0.397 e. The molecule has 0 saturated carbocycles. The Bertz CT molecular complexity index is 655. The Labute approximate surface area is 120 Å². The first-order valence-corrected chi connectivity index (χ1v) is 7.51. The van der Waals surface area contributed by atoms with Gasteiger partial charge in [-0.25, -0.2) is 0 Å². The molecule has 3 rings (SSSR count). The summed E-state index contributed by atoms with van der Waals surface area (Å²) in [6, 6.07) is 0. The predicted octanol–water partition coefficient (Wildman–Crippen LogP) is 1.43. The molecule has 0 spiro atoms. The van der Waals surface area contributed by atoms with Gasteiger partial charge in [0.15, 0.2) is 0 Å². The molecule has 0 radical (unpaired) electrons. The molecule has 1 aliphatic heterocycles. The number of thiophene rings is 1. The molecule has 0 aliphatic carbocycles. The van der Waals surface area contributed by atoms with Gasteiger partial charge in [0.1, 0.15) is 9.71 Å². The van der Waals surface area contributed by atoms with Crippen LogP contribution in [0.3, 0.4) is 0 Å². The molecule has 1 aliphatic rings. The number of hydrogen-bond acceptors (Lipinski definition) is 5. The van der Waals surface area contributed by atoms with Gasteiger partial charge in [0.2, 0.25) is 0 Å². The Morgan fingerprint density at radius 2 is 2.45 bits per heavy atom. The standard InChI is InChI=1S/C13H18N4O2S/c1-7-9-10(14)11(20-13(9)17(2)16-7)12(18)15-6-8-4-3-5-19-8/h8H,3-6,14H2,1-2H3,(H,15,18). The number of aromatic nitrogens is 2. The van der Waals surface area contributed by atoms with Crippen LogP contribution in [-0.4, -0.2) is 34.9 Å². The van der Waals surface area contributed by atoms with Crippen molar-refractivity contribution < 1.29 is 9.53 Å². The van der Waals surface area contributed by atoms with Gasteiger partial charge in [-0.2, -0.15) is 5.10 Å². The summed E-state index contributed by atoms with van der Waals surface area (Å²) in [5.74, 6) is -0.126. The van der Waals surface area contributed by atoms with Gasteiger partial charge in [-0.3, -0.25) is 9.48 Å². The first kappa shape index (κ1) is 13.4. The van der Waals surface area contributed by atoms with Crippen LogP contribution in [-0.2, 0) is 11.8 Å². The Kier molecular flexibility index (Phi) is 3.39. The van der Waals surface area contributed by atoms with E-state index in [9.17, 15) is 4.79 Å². The fourth-order valence-corrected chi connectivity index (χ4v) is 3.69. The van der Waals surface area contributed by atoms with E-state index < -0.39 is 0 Å². The van der Waals surface area contributed by atoms with Gasteiger partial charge in [0.25, 0.3) is 5.91 Å². The number of nitrogen functional groups attached to an aromatic ring is 1. The van der Waals surface area contributed by atoms with E-state index in [0.29, 0.717) is 17.1 Å². The molecule has 0 aromatic carbocycles. The SMILES string of the molecule is Cc1nn(C)c2sc(C(=O)NCC3CCCO3)c(N)c12. The third-order valence-electron chi connectivity index (χ3n) is 3.60. The summed E-state index contributed by atoms with van der Waals surface area (Å²) in [6.45, 7) is 3.24. The summed E-state index contributed by atoms with van der Waals surface area (Å²) < 4.78 is 7.26. The fraction of sp³-hybridized carbons (Fsp3) is 0.538. The highest BCUT2D eigenvalue weighted by Crippen LogP contribution is 2.35. The Hall–Kier alpha value is -1.60. The number of fused-ring (bicyclic) bond motifs is 1. The lowest BCUT2D eigenvalue weighted by Gasteiger charge is -2.10. The molecule has 2 aromatic rings. The Balaban J connectivity index is 1.80. The number of ether oxygens (including phenoxy) is 1. The number of nitrogens with one attached hydrogen (secondary N) is 1. The summed E-state index contributed by atoms with van der Waals surface area (Å²) in [4.78, 5) is 13.7. The average Bonchev–Trinajstić information content (AvgIpc) is 3.08. The second-order valence-corrected chi connectivity index (χ2v) is 6.08. The van der Waals surface area contributed by atoms with Gasteiger partial charge in [0, 0.05) is 20.2 Å². The van der Waals surface area contributed by atoms with E-state index >= 15 is 0 Å². The zero-order chi connectivity index (χ0) is 14.3. The minimum atomic E-state index is -0.126. The maximum Gasteiger partial charge on any atom is 0.263 e. The van der Waals surface area contributed by atoms with E-state index in [0.717, 1.165) is 35.4 Å². The van der Waals surface area contributed by atoms with Gasteiger partial charge in [-0.05, 0) is 19.8 Å². The molecule has 1 unspecified atom stereocenters. The lowest BCUT2D eigenvalue weighted by Crippen LogP contribution is -2.31. The molecule has 3 N–H and O–H groups in total. The molecule has 1 fully saturated rings. The molecular formula is C13H18N4O2S. The van der Waals surface area contributed by atoms with Crippen molar-refractivity contribution in [2.45, 2.75) is 25.9 Å². The van der Waals surface area contributed by atoms with Crippen LogP contribution in [0.25, 0.3) is 10.2 Å². The molecule has 108 valence electrons. The third-order valence-corrected chi connectivity index (χ3v) is 4.87. The summed E-state index contributed by atoms with van der Waals surface area (Å²) in [5, 5.41) is 8.11. The maximum absolute atomic E-state index is 12.2. The van der Waals surface area contributed by atoms with Crippen LogP contribution in [0.1, 0.15) is 28.2 Å². The lowest BCUT2D eigenvalue weighted by atomic mass is 10.2. The highest BCUT2D eigenvalue weighted by molar-refractivity contribution is 7.21. The van der Waals surface area contributed by atoms with E-state index in [1.165, 1.54) is 11.3 Å². The quantitative estimate of drug-likeness (QED) is 0.897. The van der Waals surface area contributed by atoms with Crippen LogP contribution in [0.5, 0.6) is 0 Å². The van der Waals surface area contributed by atoms with Gasteiger partial charge in [0.05, 0.1) is 22.9 Å². The summed E-state index contributed by atoms with van der Waals surface area (Å²) in [7, 11) is 1.86. The van der Waals surface area contributed by atoms with Gasteiger partial charge in [-0.15, -0.1) is 11.3 Å². The number of nitrogens with two attached hydrogens (primary N) is 1. The molecule has 7 heteroatoms. The predicted molar refractivity (Wildman–Crippen MR) is 79.0 cm³/mol. The van der Waals surface area contributed by atoms with E-state index in [-0.39, 0.29) is 12.0 Å². The van der Waals surface area contributed by atoms with Crippen LogP contribution in [0.4, 0.5) is 5.69 Å². The number of anilines is 1. The highest BCUT2D eigenvalue weighted by Gasteiger charge is 2.22. The number of nitrogens with zero attached hydrogens (tertiary/aromatic N) is 2. The van der Waals surface area contributed by atoms with E-state index in [2.05, 4.69) is 10.4 Å². The Morgan fingerprint density at radius 3 is 3.10 bits per heavy atom. The van der Waals surface area contributed by atoms with Crippen molar-refractivity contribution in [1.82, 2.24) is 15.1 Å². The summed E-state index contributed by atoms with van der Waals surface area (Å²) >= 11 is 1.38. The zero-order valence-electron chi connectivity index (χ0n) is 11.6. The van der Waals surface area contributed by atoms with Gasteiger partial charge in [-0.1, -0.05) is 0 Å². The van der Waals surface area contributed by atoms with Crippen molar-refractivity contribution >= 4 is 33.1 Å². The van der Waals surface area contributed by atoms with Crippen LogP contribution in [0.15, 0.2) is 0 Å². The molecule has 2 aromatic heterocycles. The minimum Gasteiger partial charge on any atom is -0.397 e. The number of carbonyl (C=O) groups excluding carboxylic acids is 1. The zero-order valence-corrected chi connectivity index (χ0v) is 12.4. The highest BCUT2D eigenvalue weighted by atomic mass is 32.1. The van der Waals surface area contributed by atoms with Crippen molar-refractivity contribution in [3.8, 4) is 0 Å². The molecule has 6 nitrogen and oxygen atoms in total. The molecule has 1 atom stereocenters. The van der Waals surface area contributed by atoms with E-state index in [1.54, 1.807) is 4.68 Å². The molecular weight excluding hydrogens is 276 g/mol.